The highest BCUT2D eigenvalue weighted by Crippen LogP contribution is 2.16. The SMILES string of the molecule is CC1CN(C(=O)C(C)n2ccnc2)CC(C)O1. The predicted octanol–water partition coefficient (Wildman–Crippen LogP) is 1.08. The third kappa shape index (κ3) is 2.66. The minimum atomic E-state index is -0.199. The number of imidazole rings is 1. The third-order valence-electron chi connectivity index (χ3n) is 3.06. The van der Waals surface area contributed by atoms with Gasteiger partial charge in [0.15, 0.2) is 0 Å². The van der Waals surface area contributed by atoms with Crippen molar-refractivity contribution in [1.82, 2.24) is 14.5 Å². The Bertz CT molecular complexity index is 367. The van der Waals surface area contributed by atoms with Gasteiger partial charge in [0.2, 0.25) is 5.91 Å². The summed E-state index contributed by atoms with van der Waals surface area (Å²) < 4.78 is 7.45. The van der Waals surface area contributed by atoms with Gasteiger partial charge in [-0.25, -0.2) is 4.98 Å². The van der Waals surface area contributed by atoms with E-state index in [9.17, 15) is 4.79 Å². The summed E-state index contributed by atoms with van der Waals surface area (Å²) in [5.41, 5.74) is 0. The minimum Gasteiger partial charge on any atom is -0.372 e. The summed E-state index contributed by atoms with van der Waals surface area (Å²) in [4.78, 5) is 18.2. The van der Waals surface area contributed by atoms with Gasteiger partial charge in [0.1, 0.15) is 6.04 Å². The monoisotopic (exact) mass is 237 g/mol. The number of hydrogen-bond acceptors (Lipinski definition) is 3. The quantitative estimate of drug-likeness (QED) is 0.773. The molecule has 0 N–H and O–H groups in total. The minimum absolute atomic E-state index is 0.109. The fourth-order valence-electron chi connectivity index (χ4n) is 2.25. The molecule has 0 bridgehead atoms. The third-order valence-corrected chi connectivity index (χ3v) is 3.06. The Hall–Kier alpha value is -1.36. The van der Waals surface area contributed by atoms with Gasteiger partial charge in [0.25, 0.3) is 0 Å². The van der Waals surface area contributed by atoms with E-state index >= 15 is 0 Å². The second-order valence-electron chi connectivity index (χ2n) is 4.69. The number of carbonyl (C=O) groups is 1. The average molecular weight is 237 g/mol. The molecule has 2 rings (SSSR count). The van der Waals surface area contributed by atoms with Crippen LogP contribution >= 0.6 is 0 Å². The highest BCUT2D eigenvalue weighted by atomic mass is 16.5. The van der Waals surface area contributed by atoms with Crippen molar-refractivity contribution in [3.63, 3.8) is 0 Å². The maximum absolute atomic E-state index is 12.3. The van der Waals surface area contributed by atoms with Gasteiger partial charge in [-0.05, 0) is 20.8 Å². The molecule has 17 heavy (non-hydrogen) atoms. The number of rotatable bonds is 2. The average Bonchev–Trinajstić information content (AvgIpc) is 2.79. The molecule has 1 saturated heterocycles. The van der Waals surface area contributed by atoms with Crippen LogP contribution in [0.4, 0.5) is 0 Å². The smallest absolute Gasteiger partial charge is 0.245 e. The van der Waals surface area contributed by atoms with E-state index in [0.717, 1.165) is 0 Å². The van der Waals surface area contributed by atoms with E-state index < -0.39 is 0 Å². The van der Waals surface area contributed by atoms with Crippen molar-refractivity contribution < 1.29 is 9.53 Å². The van der Waals surface area contributed by atoms with Gasteiger partial charge in [0.05, 0.1) is 18.5 Å². The van der Waals surface area contributed by atoms with E-state index in [0.29, 0.717) is 13.1 Å². The number of aromatic nitrogens is 2. The molecule has 1 aliphatic heterocycles. The van der Waals surface area contributed by atoms with Crippen LogP contribution in [-0.4, -0.2) is 45.7 Å². The Kier molecular flexibility index (Phi) is 3.47. The van der Waals surface area contributed by atoms with Gasteiger partial charge in [-0.1, -0.05) is 0 Å². The molecule has 0 radical (unpaired) electrons. The second kappa shape index (κ2) is 4.87. The number of hydrogen-bond donors (Lipinski definition) is 0. The lowest BCUT2D eigenvalue weighted by molar-refractivity contribution is -0.146. The van der Waals surface area contributed by atoms with Gasteiger partial charge in [-0.15, -0.1) is 0 Å². The van der Waals surface area contributed by atoms with E-state index in [1.165, 1.54) is 0 Å². The van der Waals surface area contributed by atoms with Crippen molar-refractivity contribution in [2.45, 2.75) is 39.0 Å². The summed E-state index contributed by atoms with van der Waals surface area (Å²) in [5.74, 6) is 0.130. The summed E-state index contributed by atoms with van der Waals surface area (Å²) in [6, 6.07) is -0.199. The molecule has 1 aliphatic rings. The van der Waals surface area contributed by atoms with E-state index in [-0.39, 0.29) is 24.2 Å². The molecule has 1 amide bonds. The van der Waals surface area contributed by atoms with Crippen molar-refractivity contribution in [3.8, 4) is 0 Å². The highest BCUT2D eigenvalue weighted by molar-refractivity contribution is 5.80. The molecule has 3 unspecified atom stereocenters. The Labute approximate surface area is 101 Å². The molecule has 5 nitrogen and oxygen atoms in total. The van der Waals surface area contributed by atoms with Gasteiger partial charge in [-0.3, -0.25) is 4.79 Å². The molecule has 1 aromatic rings. The molecule has 1 fully saturated rings. The molecule has 0 spiro atoms. The zero-order valence-electron chi connectivity index (χ0n) is 10.5. The number of morpholine rings is 1. The summed E-state index contributed by atoms with van der Waals surface area (Å²) in [7, 11) is 0. The van der Waals surface area contributed by atoms with Crippen LogP contribution in [-0.2, 0) is 9.53 Å². The van der Waals surface area contributed by atoms with Crippen LogP contribution in [0.15, 0.2) is 18.7 Å². The highest BCUT2D eigenvalue weighted by Gasteiger charge is 2.29. The first-order chi connectivity index (χ1) is 8.08. The van der Waals surface area contributed by atoms with Crippen LogP contribution in [0, 0.1) is 0 Å². The normalized spacial score (nSPS) is 26.9. The molecule has 2 heterocycles. The summed E-state index contributed by atoms with van der Waals surface area (Å²) >= 11 is 0. The maximum atomic E-state index is 12.3. The lowest BCUT2D eigenvalue weighted by atomic mass is 10.2. The van der Waals surface area contributed by atoms with E-state index in [1.54, 1.807) is 12.5 Å². The van der Waals surface area contributed by atoms with Gasteiger partial charge in [0, 0.05) is 25.5 Å². The lowest BCUT2D eigenvalue weighted by Crippen LogP contribution is -2.49. The first kappa shape index (κ1) is 12.1. The van der Waals surface area contributed by atoms with Crippen LogP contribution in [0.1, 0.15) is 26.8 Å². The van der Waals surface area contributed by atoms with Crippen LogP contribution in [0.3, 0.4) is 0 Å². The van der Waals surface area contributed by atoms with Crippen molar-refractivity contribution in [2.75, 3.05) is 13.1 Å². The molecule has 0 saturated carbocycles. The van der Waals surface area contributed by atoms with Crippen molar-refractivity contribution in [1.29, 1.82) is 0 Å². The zero-order chi connectivity index (χ0) is 12.4. The van der Waals surface area contributed by atoms with Crippen LogP contribution in [0.25, 0.3) is 0 Å². The van der Waals surface area contributed by atoms with Gasteiger partial charge in [-0.2, -0.15) is 0 Å². The number of ether oxygens (including phenoxy) is 1. The Morgan fingerprint density at radius 2 is 2.06 bits per heavy atom. The van der Waals surface area contributed by atoms with Crippen molar-refractivity contribution >= 4 is 5.91 Å². The molecule has 1 aromatic heterocycles. The fraction of sp³-hybridized carbons (Fsp3) is 0.667. The Morgan fingerprint density at radius 1 is 1.41 bits per heavy atom. The number of amides is 1. The first-order valence-electron chi connectivity index (χ1n) is 5.99. The summed E-state index contributed by atoms with van der Waals surface area (Å²) in [6.07, 6.45) is 5.40. The maximum Gasteiger partial charge on any atom is 0.245 e. The van der Waals surface area contributed by atoms with E-state index in [2.05, 4.69) is 4.98 Å². The van der Waals surface area contributed by atoms with Gasteiger partial charge >= 0.3 is 0 Å². The van der Waals surface area contributed by atoms with E-state index in [4.69, 9.17) is 4.74 Å². The molecule has 94 valence electrons. The topological polar surface area (TPSA) is 47.4 Å². The molecule has 3 atom stereocenters. The molecule has 0 aliphatic carbocycles. The second-order valence-corrected chi connectivity index (χ2v) is 4.69. The Balaban J connectivity index is 2.04. The molecule has 5 heteroatoms. The van der Waals surface area contributed by atoms with Crippen molar-refractivity contribution in [2.24, 2.45) is 0 Å². The number of carbonyl (C=O) groups excluding carboxylic acids is 1. The Morgan fingerprint density at radius 3 is 2.59 bits per heavy atom. The molecular weight excluding hydrogens is 218 g/mol. The standard InChI is InChI=1S/C12H19N3O2/c1-9-6-15(7-10(2)17-9)12(16)11(3)14-5-4-13-8-14/h4-5,8-11H,6-7H2,1-3H3. The largest absolute Gasteiger partial charge is 0.372 e. The molecular formula is C12H19N3O2. The summed E-state index contributed by atoms with van der Waals surface area (Å²) in [5, 5.41) is 0. The van der Waals surface area contributed by atoms with Crippen LogP contribution in [0.5, 0.6) is 0 Å². The van der Waals surface area contributed by atoms with Crippen LogP contribution < -0.4 is 0 Å². The van der Waals surface area contributed by atoms with Crippen LogP contribution in [0.2, 0.25) is 0 Å². The zero-order valence-corrected chi connectivity index (χ0v) is 10.5. The summed E-state index contributed by atoms with van der Waals surface area (Å²) in [6.45, 7) is 7.23. The van der Waals surface area contributed by atoms with Crippen molar-refractivity contribution in [3.05, 3.63) is 18.7 Å². The predicted molar refractivity (Wildman–Crippen MR) is 63.5 cm³/mol. The molecule has 0 aromatic carbocycles. The van der Waals surface area contributed by atoms with Gasteiger partial charge < -0.3 is 14.2 Å². The number of nitrogens with zero attached hydrogens (tertiary/aromatic N) is 3. The first-order valence-corrected chi connectivity index (χ1v) is 5.99. The lowest BCUT2D eigenvalue weighted by Gasteiger charge is -2.36. The fourth-order valence-corrected chi connectivity index (χ4v) is 2.25. The van der Waals surface area contributed by atoms with E-state index in [1.807, 2.05) is 36.4 Å².